The molecule has 344 valence electrons. The van der Waals surface area contributed by atoms with E-state index in [1.807, 2.05) is 45.9 Å². The van der Waals surface area contributed by atoms with Crippen LogP contribution in [0.1, 0.15) is 98.5 Å². The quantitative estimate of drug-likeness (QED) is 0.0450. The predicted molar refractivity (Wildman–Crippen MR) is 253 cm³/mol. The number of hydrogen-bond acceptors (Lipinski definition) is 11. The van der Waals surface area contributed by atoms with Crippen LogP contribution in [0.5, 0.6) is 23.0 Å². The van der Waals surface area contributed by atoms with E-state index in [-0.39, 0.29) is 87.4 Å². The monoisotopic (exact) mass is 952 g/mol. The number of imide groups is 2. The van der Waals surface area contributed by atoms with Crippen molar-refractivity contribution >= 4 is 92.6 Å². The number of anilines is 1. The lowest BCUT2D eigenvalue weighted by molar-refractivity contribution is 0.0600. The molecule has 8 aromatic carbocycles. The lowest BCUT2D eigenvalue weighted by Gasteiger charge is -2.33. The molecule has 0 aliphatic carbocycles. The molecule has 0 spiro atoms. The molecule has 0 atom stereocenters. The van der Waals surface area contributed by atoms with Crippen molar-refractivity contribution in [2.75, 3.05) is 18.1 Å². The molecule has 0 radical (unpaired) electrons. The number of para-hydroxylation sites is 1. The second-order valence-electron chi connectivity index (χ2n) is 17.4. The summed E-state index contributed by atoms with van der Waals surface area (Å²) in [4.78, 5) is 60.7. The first-order valence-electron chi connectivity index (χ1n) is 21.6. The van der Waals surface area contributed by atoms with E-state index in [2.05, 4.69) is 0 Å². The van der Waals surface area contributed by atoms with Crippen LogP contribution in [0.25, 0.3) is 43.1 Å². The lowest BCUT2D eigenvalue weighted by Crippen LogP contribution is -2.42. The molecule has 17 heteroatoms. The number of benzene rings is 8. The summed E-state index contributed by atoms with van der Waals surface area (Å²) in [6, 6.07) is 25.1. The molecule has 2 heterocycles. The van der Waals surface area contributed by atoms with E-state index in [4.69, 9.17) is 9.47 Å². The first kappa shape index (κ1) is 44.6. The largest absolute Gasteiger partial charge is 0.457 e. The van der Waals surface area contributed by atoms with Crippen LogP contribution < -0.4 is 14.4 Å². The van der Waals surface area contributed by atoms with Gasteiger partial charge in [-0.15, -0.1) is 0 Å². The van der Waals surface area contributed by atoms with Crippen LogP contribution in [0.15, 0.2) is 113 Å². The van der Waals surface area contributed by atoms with Gasteiger partial charge in [0.25, 0.3) is 43.9 Å². The van der Waals surface area contributed by atoms with Crippen molar-refractivity contribution in [3.63, 3.8) is 0 Å². The van der Waals surface area contributed by atoms with Crippen LogP contribution in [0, 0.1) is 0 Å². The van der Waals surface area contributed by atoms with Crippen LogP contribution in [-0.2, 0) is 20.2 Å². The summed E-state index contributed by atoms with van der Waals surface area (Å²) in [7, 11) is -9.15. The number of aliphatic hydroxyl groups is 1. The highest BCUT2D eigenvalue weighted by atomic mass is 32.2. The highest BCUT2D eigenvalue weighted by Gasteiger charge is 2.41. The molecule has 10 rings (SSSR count). The number of amides is 4. The number of carbonyl (C=O) groups excluding carboxylic acids is 4. The van der Waals surface area contributed by atoms with E-state index < -0.39 is 53.7 Å². The molecular weight excluding hydrogens is 913 g/mol. The topological polar surface area (TPSA) is 222 Å². The van der Waals surface area contributed by atoms with E-state index in [1.165, 1.54) is 41.3 Å². The first-order valence-corrected chi connectivity index (χ1v) is 24.5. The van der Waals surface area contributed by atoms with Gasteiger partial charge in [0.2, 0.25) is 0 Å². The Morgan fingerprint density at radius 2 is 0.926 bits per heavy atom. The third-order valence-electron chi connectivity index (χ3n) is 12.7. The summed E-state index contributed by atoms with van der Waals surface area (Å²) in [5, 5.41) is 12.5. The van der Waals surface area contributed by atoms with Crippen molar-refractivity contribution in [3.05, 3.63) is 137 Å². The van der Waals surface area contributed by atoms with Gasteiger partial charge in [0.15, 0.2) is 0 Å². The minimum atomic E-state index is -4.58. The average Bonchev–Trinajstić information content (AvgIpc) is 3.29. The number of nitrogens with zero attached hydrogens (tertiary/aromatic N) is 2. The Balaban J connectivity index is 1.33. The molecule has 68 heavy (non-hydrogen) atoms. The minimum Gasteiger partial charge on any atom is -0.457 e. The van der Waals surface area contributed by atoms with Gasteiger partial charge in [-0.05, 0) is 113 Å². The van der Waals surface area contributed by atoms with Gasteiger partial charge in [0, 0.05) is 56.6 Å². The van der Waals surface area contributed by atoms with Crippen molar-refractivity contribution in [1.82, 2.24) is 4.90 Å². The van der Waals surface area contributed by atoms with Crippen molar-refractivity contribution < 1.29 is 59.7 Å². The van der Waals surface area contributed by atoms with Crippen LogP contribution in [0.2, 0.25) is 0 Å². The fraction of sp³-hybridized carbons (Fsp3) is 0.176. The molecule has 0 bridgehead atoms. The van der Waals surface area contributed by atoms with Crippen molar-refractivity contribution in [2.45, 2.75) is 55.7 Å². The number of ether oxygens (including phenoxy) is 2. The number of hydrogen-bond donors (Lipinski definition) is 3. The van der Waals surface area contributed by atoms with E-state index in [9.17, 15) is 40.6 Å². The Morgan fingerprint density at radius 1 is 0.515 bits per heavy atom. The normalized spacial score (nSPS) is 14.2. The number of carbonyl (C=O) groups is 4. The van der Waals surface area contributed by atoms with Gasteiger partial charge in [-0.2, -0.15) is 16.8 Å². The highest BCUT2D eigenvalue weighted by Crippen LogP contribution is 2.53. The van der Waals surface area contributed by atoms with Gasteiger partial charge < -0.3 is 14.6 Å². The van der Waals surface area contributed by atoms with Crippen LogP contribution in [0.3, 0.4) is 0 Å². The van der Waals surface area contributed by atoms with E-state index in [0.717, 1.165) is 40.3 Å². The maximum absolute atomic E-state index is 15.4. The Bertz CT molecular complexity index is 3730. The third-order valence-corrected chi connectivity index (χ3v) is 14.4. The molecule has 0 saturated heterocycles. The van der Waals surface area contributed by atoms with Crippen molar-refractivity contribution in [1.29, 1.82) is 0 Å². The maximum atomic E-state index is 15.4. The average molecular weight is 953 g/mol. The Hall–Kier alpha value is -7.28. The zero-order chi connectivity index (χ0) is 48.3. The van der Waals surface area contributed by atoms with Gasteiger partial charge in [-0.3, -0.25) is 33.2 Å². The third kappa shape index (κ3) is 6.87. The fourth-order valence-electron chi connectivity index (χ4n) is 9.62. The summed E-state index contributed by atoms with van der Waals surface area (Å²) < 4.78 is 80.6. The summed E-state index contributed by atoms with van der Waals surface area (Å²) in [5.41, 5.74) is 2.57. The molecule has 0 saturated carbocycles. The molecule has 8 aromatic rings. The van der Waals surface area contributed by atoms with Crippen LogP contribution in [-0.4, -0.2) is 72.7 Å². The Morgan fingerprint density at radius 3 is 1.35 bits per heavy atom. The second-order valence-corrected chi connectivity index (χ2v) is 20.2. The zero-order valence-corrected chi connectivity index (χ0v) is 38.4. The smallest absolute Gasteiger partial charge is 0.294 e. The van der Waals surface area contributed by atoms with E-state index >= 15 is 9.59 Å². The molecule has 2 aliphatic rings. The molecule has 0 unspecified atom stereocenters. The maximum Gasteiger partial charge on any atom is 0.294 e. The zero-order valence-electron chi connectivity index (χ0n) is 36.7. The lowest BCUT2D eigenvalue weighted by atomic mass is 9.81. The molecule has 15 nitrogen and oxygen atoms in total. The molecule has 2 aliphatic heterocycles. The van der Waals surface area contributed by atoms with Crippen LogP contribution in [0.4, 0.5) is 5.69 Å². The van der Waals surface area contributed by atoms with Gasteiger partial charge >= 0.3 is 0 Å². The predicted octanol–water partition coefficient (Wildman–Crippen LogP) is 9.84. The summed E-state index contributed by atoms with van der Waals surface area (Å²) >= 11 is 0. The molecule has 4 amide bonds. The Kier molecular flexibility index (Phi) is 10.4. The van der Waals surface area contributed by atoms with Crippen molar-refractivity contribution in [3.8, 4) is 23.0 Å². The Labute approximate surface area is 388 Å². The summed E-state index contributed by atoms with van der Waals surface area (Å²) in [6.07, 6.45) is 0.109. The van der Waals surface area contributed by atoms with Crippen LogP contribution >= 0.6 is 0 Å². The SMILES string of the molecule is CC(C)c1cccc(C(C)C)c1N1C(=O)c2ccc3c4c(Oc5ccc(S(=O)(=O)O)cc5)cc5c6c(ccc(c7c(Oc8ccc(S(=O)(=O)O)cc8)cc(c2c37)C1=O)c64)C(=O)N(CCCO)C5=O. The summed E-state index contributed by atoms with van der Waals surface area (Å²) in [5.74, 6) is -2.30. The molecule has 0 aromatic heterocycles. The second kappa shape index (κ2) is 15.9. The standard InChI is InChI=1S/C51H40N2O13S2/c1-25(2)31-7-5-8-32(26(3)4)47(31)53-50(57)36-20-18-34-43-39(65-27-9-13-29(14-10-27)67(59,60)61)23-37-41-35(48(55)52(49(37)56)21-6-22-54)19-17-33(45(41)43)44-40(24-38(51(53)58)42(36)46(34)44)66-28-11-15-30(16-12-28)68(62,63)64/h5,7-20,23-26,54H,6,21-22H2,1-4H3,(H,59,60,61)(H,62,63,64). The van der Waals surface area contributed by atoms with E-state index in [1.54, 1.807) is 24.3 Å². The van der Waals surface area contributed by atoms with Gasteiger partial charge in [-0.1, -0.05) is 58.0 Å². The van der Waals surface area contributed by atoms with Gasteiger partial charge in [-0.25, -0.2) is 4.90 Å². The summed E-state index contributed by atoms with van der Waals surface area (Å²) in [6.45, 7) is 7.53. The molecule has 3 N–H and O–H groups in total. The first-order chi connectivity index (χ1) is 32.3. The molecular formula is C51H40N2O13S2. The number of fused-ring (bicyclic) bond motifs is 2. The minimum absolute atomic E-state index is 0.0748. The fourth-order valence-corrected chi connectivity index (χ4v) is 10.6. The van der Waals surface area contributed by atoms with Gasteiger partial charge in [0.05, 0.1) is 26.6 Å². The molecule has 0 fully saturated rings. The van der Waals surface area contributed by atoms with Crippen molar-refractivity contribution in [2.24, 2.45) is 0 Å². The van der Waals surface area contributed by atoms with E-state index in [0.29, 0.717) is 38.0 Å². The highest BCUT2D eigenvalue weighted by molar-refractivity contribution is 7.86. The number of aliphatic hydroxyl groups excluding tert-OH is 1. The number of rotatable bonds is 12. The van der Waals surface area contributed by atoms with Gasteiger partial charge in [0.1, 0.15) is 23.0 Å².